The number of aryl methyl sites for hydroxylation is 2. The summed E-state index contributed by atoms with van der Waals surface area (Å²) in [5.41, 5.74) is 2.60. The molecule has 2 aromatic heterocycles. The number of aliphatic hydroxyl groups excluding tert-OH is 1. The first-order valence-corrected chi connectivity index (χ1v) is 9.97. The summed E-state index contributed by atoms with van der Waals surface area (Å²) in [6.45, 7) is 2.91. The maximum Gasteiger partial charge on any atom is 0.416 e. The number of aliphatic hydroxyl groups is 1. The van der Waals surface area contributed by atoms with E-state index in [1.54, 1.807) is 28.8 Å². The minimum atomic E-state index is -4.79. The van der Waals surface area contributed by atoms with Crippen LogP contribution in [0.3, 0.4) is 0 Å². The van der Waals surface area contributed by atoms with E-state index >= 15 is 0 Å². The third-order valence-electron chi connectivity index (χ3n) is 4.37. The highest BCUT2D eigenvalue weighted by Crippen LogP contribution is 2.25. The van der Waals surface area contributed by atoms with E-state index < -0.39 is 24.7 Å². The largest absolute Gasteiger partial charge is 0.416 e. The highest BCUT2D eigenvalue weighted by atomic mass is 32.2. The second-order valence-corrected chi connectivity index (χ2v) is 7.78. The van der Waals surface area contributed by atoms with Crippen molar-refractivity contribution in [1.29, 1.82) is 0 Å². The molecule has 2 heterocycles. The number of likely N-dealkylation sites (N-methyl/N-ethyl adjacent to an activating group) is 1. The highest BCUT2D eigenvalue weighted by molar-refractivity contribution is 7.98. The first-order chi connectivity index (χ1) is 14.1. The summed E-state index contributed by atoms with van der Waals surface area (Å²) in [7, 11) is 1.22. The Morgan fingerprint density at radius 3 is 2.67 bits per heavy atom. The second kappa shape index (κ2) is 8.60. The molecule has 160 valence electrons. The van der Waals surface area contributed by atoms with Gasteiger partial charge in [0.05, 0.1) is 6.54 Å². The number of carbonyl (C=O) groups is 1. The van der Waals surface area contributed by atoms with Crippen LogP contribution in [-0.4, -0.2) is 61.4 Å². The number of alkyl halides is 3. The Morgan fingerprint density at radius 2 is 1.97 bits per heavy atom. The number of hydrogen-bond acceptors (Lipinski definition) is 6. The number of thioether (sulfide) groups is 1. The topological polar surface area (TPSA) is 83.6 Å². The molecule has 1 amide bonds. The zero-order valence-corrected chi connectivity index (χ0v) is 17.3. The number of halogens is 3. The quantitative estimate of drug-likeness (QED) is 0.595. The van der Waals surface area contributed by atoms with Crippen molar-refractivity contribution in [3.63, 3.8) is 0 Å². The molecule has 0 radical (unpaired) electrons. The van der Waals surface area contributed by atoms with Gasteiger partial charge in [-0.05, 0) is 31.5 Å². The van der Waals surface area contributed by atoms with E-state index in [1.807, 2.05) is 19.9 Å². The Morgan fingerprint density at radius 1 is 1.27 bits per heavy atom. The molecule has 1 aromatic carbocycles. The van der Waals surface area contributed by atoms with Crippen molar-refractivity contribution in [3.8, 4) is 0 Å². The molecular weight excluding hydrogens is 419 g/mol. The van der Waals surface area contributed by atoms with Crippen LogP contribution in [0.1, 0.15) is 27.3 Å². The Hall–Kier alpha value is -2.66. The summed E-state index contributed by atoms with van der Waals surface area (Å²) >= 11 is 1.29. The van der Waals surface area contributed by atoms with Gasteiger partial charge in [-0.15, -0.1) is 5.10 Å². The fraction of sp³-hybridized carbons (Fsp3) is 0.368. The number of benzene rings is 1. The van der Waals surface area contributed by atoms with Gasteiger partial charge in [-0.2, -0.15) is 18.2 Å². The summed E-state index contributed by atoms with van der Waals surface area (Å²) in [5, 5.41) is 14.1. The summed E-state index contributed by atoms with van der Waals surface area (Å²) in [4.78, 5) is 22.2. The van der Waals surface area contributed by atoms with Gasteiger partial charge in [0.2, 0.25) is 5.16 Å². The molecule has 0 aliphatic rings. The van der Waals surface area contributed by atoms with Gasteiger partial charge in [0.25, 0.3) is 11.7 Å². The SMILES string of the molecule is Cc1cc(C)n2nc(SCc3ccccc3C(=O)N(C)CC(O)C(F)(F)F)nc2n1. The Balaban J connectivity index is 1.75. The molecule has 0 aliphatic heterocycles. The number of nitrogens with zero attached hydrogens (tertiary/aromatic N) is 5. The van der Waals surface area contributed by atoms with Crippen LogP contribution in [0.5, 0.6) is 0 Å². The Kier molecular flexibility index (Phi) is 6.32. The lowest BCUT2D eigenvalue weighted by molar-refractivity contribution is -0.205. The van der Waals surface area contributed by atoms with Crippen LogP contribution in [-0.2, 0) is 5.75 Å². The predicted octanol–water partition coefficient (Wildman–Crippen LogP) is 3.03. The van der Waals surface area contributed by atoms with E-state index in [2.05, 4.69) is 15.1 Å². The van der Waals surface area contributed by atoms with Gasteiger partial charge in [-0.1, -0.05) is 30.0 Å². The first-order valence-electron chi connectivity index (χ1n) is 8.98. The van der Waals surface area contributed by atoms with Gasteiger partial charge in [0.15, 0.2) is 6.10 Å². The smallest absolute Gasteiger partial charge is 0.382 e. The molecule has 0 aliphatic carbocycles. The van der Waals surface area contributed by atoms with Crippen molar-refractivity contribution in [1.82, 2.24) is 24.5 Å². The Bertz CT molecular complexity index is 1070. The Labute approximate surface area is 174 Å². The van der Waals surface area contributed by atoms with E-state index in [-0.39, 0.29) is 5.56 Å². The zero-order valence-electron chi connectivity index (χ0n) is 16.5. The molecule has 30 heavy (non-hydrogen) atoms. The lowest BCUT2D eigenvalue weighted by Gasteiger charge is -2.23. The molecule has 1 unspecified atom stereocenters. The van der Waals surface area contributed by atoms with Gasteiger partial charge < -0.3 is 10.0 Å². The van der Waals surface area contributed by atoms with Crippen LogP contribution in [0, 0.1) is 13.8 Å². The molecule has 0 fully saturated rings. The van der Waals surface area contributed by atoms with Crippen LogP contribution in [0.4, 0.5) is 13.2 Å². The average molecular weight is 439 g/mol. The monoisotopic (exact) mass is 439 g/mol. The van der Waals surface area contributed by atoms with Crippen molar-refractivity contribution in [2.45, 2.75) is 37.0 Å². The van der Waals surface area contributed by atoms with Crippen molar-refractivity contribution in [2.24, 2.45) is 0 Å². The average Bonchev–Trinajstić information content (AvgIpc) is 3.08. The summed E-state index contributed by atoms with van der Waals surface area (Å²) in [6, 6.07) is 8.52. The minimum absolute atomic E-state index is 0.260. The predicted molar refractivity (Wildman–Crippen MR) is 105 cm³/mol. The van der Waals surface area contributed by atoms with E-state index in [1.165, 1.54) is 18.8 Å². The molecule has 0 spiro atoms. The van der Waals surface area contributed by atoms with E-state index in [0.717, 1.165) is 16.3 Å². The maximum absolute atomic E-state index is 12.7. The summed E-state index contributed by atoms with van der Waals surface area (Å²) < 4.78 is 39.4. The lowest BCUT2D eigenvalue weighted by Crippen LogP contribution is -2.42. The highest BCUT2D eigenvalue weighted by Gasteiger charge is 2.39. The van der Waals surface area contributed by atoms with Crippen LogP contribution in [0.15, 0.2) is 35.5 Å². The molecular formula is C19H20F3N5O2S. The first kappa shape index (κ1) is 22.0. The number of rotatable bonds is 6. The van der Waals surface area contributed by atoms with Crippen LogP contribution in [0.25, 0.3) is 5.78 Å². The van der Waals surface area contributed by atoms with Crippen molar-refractivity contribution >= 4 is 23.4 Å². The lowest BCUT2D eigenvalue weighted by atomic mass is 10.1. The van der Waals surface area contributed by atoms with Crippen molar-refractivity contribution in [3.05, 3.63) is 52.8 Å². The summed E-state index contributed by atoms with van der Waals surface area (Å²) in [5.74, 6) is 0.206. The fourth-order valence-corrected chi connectivity index (χ4v) is 3.68. The van der Waals surface area contributed by atoms with Crippen LogP contribution >= 0.6 is 11.8 Å². The van der Waals surface area contributed by atoms with Gasteiger partial charge >= 0.3 is 6.18 Å². The van der Waals surface area contributed by atoms with E-state index in [0.29, 0.717) is 22.3 Å². The van der Waals surface area contributed by atoms with Gasteiger partial charge in [0.1, 0.15) is 0 Å². The third kappa shape index (κ3) is 4.90. The fourth-order valence-electron chi connectivity index (χ4n) is 2.86. The van der Waals surface area contributed by atoms with Crippen LogP contribution in [0.2, 0.25) is 0 Å². The number of aromatic nitrogens is 4. The molecule has 1 N–H and O–H groups in total. The molecule has 0 saturated heterocycles. The molecule has 0 bridgehead atoms. The van der Waals surface area contributed by atoms with Crippen molar-refractivity contribution < 1.29 is 23.1 Å². The van der Waals surface area contributed by atoms with Gasteiger partial charge in [0, 0.05) is 29.8 Å². The molecule has 3 rings (SSSR count). The standard InChI is InChI=1S/C19H20F3N5O2S/c1-11-8-12(2)27-17(23-11)24-18(25-27)30-10-13-6-4-5-7-14(13)16(29)26(3)9-15(28)19(20,21)22/h4-8,15,28H,9-10H2,1-3H3. The number of carbonyl (C=O) groups excluding carboxylic acids is 1. The number of hydrogen-bond donors (Lipinski definition) is 1. The number of amides is 1. The normalized spacial score (nSPS) is 12.9. The van der Waals surface area contributed by atoms with E-state index in [4.69, 9.17) is 0 Å². The van der Waals surface area contributed by atoms with E-state index in [9.17, 15) is 23.1 Å². The minimum Gasteiger partial charge on any atom is -0.382 e. The van der Waals surface area contributed by atoms with Gasteiger partial charge in [-0.3, -0.25) is 4.79 Å². The molecule has 1 atom stereocenters. The zero-order chi connectivity index (χ0) is 22.1. The molecule has 7 nitrogen and oxygen atoms in total. The summed E-state index contributed by atoms with van der Waals surface area (Å²) in [6.07, 6.45) is -7.39. The van der Waals surface area contributed by atoms with Crippen LogP contribution < -0.4 is 0 Å². The third-order valence-corrected chi connectivity index (χ3v) is 5.26. The molecule has 11 heteroatoms. The van der Waals surface area contributed by atoms with Crippen molar-refractivity contribution in [2.75, 3.05) is 13.6 Å². The second-order valence-electron chi connectivity index (χ2n) is 6.83. The maximum atomic E-state index is 12.7. The molecule has 3 aromatic rings. The molecule has 0 saturated carbocycles. The van der Waals surface area contributed by atoms with Gasteiger partial charge in [-0.25, -0.2) is 9.50 Å². The number of fused-ring (bicyclic) bond motifs is 1.